The van der Waals surface area contributed by atoms with E-state index in [0.29, 0.717) is 12.0 Å². The Morgan fingerprint density at radius 3 is 2.38 bits per heavy atom. The molecule has 142 valence electrons. The highest BCUT2D eigenvalue weighted by molar-refractivity contribution is 6.08. The molecule has 2 rings (SSSR count). The zero-order chi connectivity index (χ0) is 19.6. The van der Waals surface area contributed by atoms with Gasteiger partial charge < -0.3 is 14.6 Å². The molecule has 1 aromatic rings. The molecular formula is C18H25N3O5. The first-order chi connectivity index (χ1) is 12.1. The van der Waals surface area contributed by atoms with E-state index in [1.54, 1.807) is 19.9 Å². The molecule has 0 spiro atoms. The summed E-state index contributed by atoms with van der Waals surface area (Å²) >= 11 is 0. The van der Waals surface area contributed by atoms with Crippen molar-refractivity contribution < 1.29 is 23.9 Å². The molecule has 2 heterocycles. The highest BCUT2D eigenvalue weighted by Gasteiger charge is 2.47. The van der Waals surface area contributed by atoms with Crippen LogP contribution in [-0.2, 0) is 20.9 Å². The second-order valence-corrected chi connectivity index (χ2v) is 6.62. The van der Waals surface area contributed by atoms with Crippen LogP contribution in [0, 0.1) is 13.8 Å². The number of carbonyl (C=O) groups excluding carboxylic acids is 4. The Morgan fingerprint density at radius 1 is 1.23 bits per heavy atom. The summed E-state index contributed by atoms with van der Waals surface area (Å²) in [6, 6.07) is 1.13. The van der Waals surface area contributed by atoms with Gasteiger partial charge in [-0.1, -0.05) is 6.92 Å². The molecule has 8 heteroatoms. The Kier molecular flexibility index (Phi) is 5.53. The second kappa shape index (κ2) is 7.31. The second-order valence-electron chi connectivity index (χ2n) is 6.62. The van der Waals surface area contributed by atoms with Gasteiger partial charge >= 0.3 is 12.0 Å². The molecule has 3 amide bonds. The molecule has 1 aliphatic rings. The van der Waals surface area contributed by atoms with Crippen LogP contribution in [0.4, 0.5) is 4.79 Å². The van der Waals surface area contributed by atoms with Crippen molar-refractivity contribution >= 4 is 23.7 Å². The number of nitrogens with zero attached hydrogens (tertiary/aromatic N) is 2. The first-order valence-electron chi connectivity index (χ1n) is 8.64. The number of esters is 1. The number of carbonyl (C=O) groups is 4. The Bertz CT molecular complexity index is 767. The summed E-state index contributed by atoms with van der Waals surface area (Å²) in [7, 11) is 0. The minimum atomic E-state index is -1.01. The topological polar surface area (TPSA) is 97.7 Å². The van der Waals surface area contributed by atoms with Crippen molar-refractivity contribution in [2.75, 3.05) is 13.2 Å². The predicted molar refractivity (Wildman–Crippen MR) is 93.8 cm³/mol. The molecule has 1 aliphatic heterocycles. The number of ketones is 1. The van der Waals surface area contributed by atoms with Crippen LogP contribution in [0.2, 0.25) is 0 Å². The zero-order valence-corrected chi connectivity index (χ0v) is 15.8. The van der Waals surface area contributed by atoms with Crippen molar-refractivity contribution in [1.29, 1.82) is 0 Å². The van der Waals surface area contributed by atoms with Gasteiger partial charge in [0.25, 0.3) is 5.91 Å². The molecule has 26 heavy (non-hydrogen) atoms. The van der Waals surface area contributed by atoms with Crippen LogP contribution in [0.5, 0.6) is 0 Å². The highest BCUT2D eigenvalue weighted by Crippen LogP contribution is 2.20. The fourth-order valence-electron chi connectivity index (χ4n) is 3.10. The maximum atomic E-state index is 12.3. The van der Waals surface area contributed by atoms with Gasteiger partial charge in [0.15, 0.2) is 6.61 Å². The summed E-state index contributed by atoms with van der Waals surface area (Å²) in [6.45, 7) is 8.90. The number of Topliss-reactive ketones (excluding diaryl/α,β-unsaturated/α-hetero) is 1. The molecule has 1 N–H and O–H groups in total. The lowest BCUT2D eigenvalue weighted by molar-refractivity contribution is -0.146. The molecule has 1 atom stereocenters. The van der Waals surface area contributed by atoms with Gasteiger partial charge in [-0.05, 0) is 40.2 Å². The molecule has 1 saturated heterocycles. The summed E-state index contributed by atoms with van der Waals surface area (Å²) in [6.07, 6.45) is 0.411. The van der Waals surface area contributed by atoms with E-state index in [0.717, 1.165) is 22.8 Å². The lowest BCUT2D eigenvalue weighted by Gasteiger charge is -2.18. The van der Waals surface area contributed by atoms with E-state index < -0.39 is 36.6 Å². The summed E-state index contributed by atoms with van der Waals surface area (Å²) < 4.78 is 6.98. The summed E-state index contributed by atoms with van der Waals surface area (Å²) in [5.74, 6) is -1.59. The van der Waals surface area contributed by atoms with Gasteiger partial charge in [-0.15, -0.1) is 0 Å². The number of hydrogen-bond donors (Lipinski definition) is 1. The summed E-state index contributed by atoms with van der Waals surface area (Å²) in [4.78, 5) is 49.3. The van der Waals surface area contributed by atoms with Gasteiger partial charge in [0.2, 0.25) is 5.78 Å². The third-order valence-corrected chi connectivity index (χ3v) is 4.89. The third kappa shape index (κ3) is 3.49. The smallest absolute Gasteiger partial charge is 0.326 e. The molecule has 0 unspecified atom stereocenters. The quantitative estimate of drug-likeness (QED) is 0.450. The van der Waals surface area contributed by atoms with Gasteiger partial charge in [-0.3, -0.25) is 19.3 Å². The van der Waals surface area contributed by atoms with E-state index in [9.17, 15) is 19.2 Å². The predicted octanol–water partition coefficient (Wildman–Crippen LogP) is 1.57. The van der Waals surface area contributed by atoms with E-state index >= 15 is 0 Å². The third-order valence-electron chi connectivity index (χ3n) is 4.89. The van der Waals surface area contributed by atoms with Crippen molar-refractivity contribution in [3.05, 3.63) is 23.0 Å². The van der Waals surface area contributed by atoms with Gasteiger partial charge in [0.05, 0.1) is 0 Å². The minimum Gasteiger partial charge on any atom is -0.456 e. The molecule has 1 aromatic heterocycles. The van der Waals surface area contributed by atoms with Crippen LogP contribution >= 0.6 is 0 Å². The number of aryl methyl sites for hydroxylation is 1. The average molecular weight is 363 g/mol. The fraction of sp³-hybridized carbons (Fsp3) is 0.556. The van der Waals surface area contributed by atoms with Gasteiger partial charge in [-0.2, -0.15) is 0 Å². The fourth-order valence-corrected chi connectivity index (χ4v) is 3.10. The number of amides is 3. The van der Waals surface area contributed by atoms with Crippen LogP contribution in [0.1, 0.15) is 48.9 Å². The molecular weight excluding hydrogens is 338 g/mol. The maximum Gasteiger partial charge on any atom is 0.326 e. The maximum absolute atomic E-state index is 12.3. The molecule has 0 aromatic carbocycles. The molecule has 8 nitrogen and oxygen atoms in total. The molecule has 0 saturated carbocycles. The Labute approximate surface area is 152 Å². The van der Waals surface area contributed by atoms with Crippen LogP contribution in [0.15, 0.2) is 6.07 Å². The average Bonchev–Trinajstić information content (AvgIpc) is 3.00. The molecule has 0 bridgehead atoms. The minimum absolute atomic E-state index is 0.318. The number of urea groups is 1. The highest BCUT2D eigenvalue weighted by atomic mass is 16.5. The number of nitrogens with one attached hydrogen (secondary N) is 1. The normalized spacial score (nSPS) is 19.7. The van der Waals surface area contributed by atoms with E-state index in [1.165, 1.54) is 0 Å². The SMILES string of the molecule is CCn1c(C)cc(C(=O)COC(=O)CN2C(=O)N[C@@](C)(CC)C2=O)c1C. The van der Waals surface area contributed by atoms with Crippen molar-refractivity contribution in [3.63, 3.8) is 0 Å². The van der Waals surface area contributed by atoms with Crippen LogP contribution < -0.4 is 5.32 Å². The summed E-state index contributed by atoms with van der Waals surface area (Å²) in [5.41, 5.74) is 1.27. The zero-order valence-electron chi connectivity index (χ0n) is 15.8. The molecule has 1 fully saturated rings. The Morgan fingerprint density at radius 2 is 1.88 bits per heavy atom. The lowest BCUT2D eigenvalue weighted by atomic mass is 9.99. The first kappa shape index (κ1) is 19.7. The largest absolute Gasteiger partial charge is 0.456 e. The number of rotatable bonds is 7. The van der Waals surface area contributed by atoms with Crippen molar-refractivity contribution in [3.8, 4) is 0 Å². The first-order valence-corrected chi connectivity index (χ1v) is 8.64. The van der Waals surface area contributed by atoms with E-state index in [-0.39, 0.29) is 5.78 Å². The number of imide groups is 1. The lowest BCUT2D eigenvalue weighted by Crippen LogP contribution is -2.43. The molecule has 0 aliphatic carbocycles. The van der Waals surface area contributed by atoms with E-state index in [4.69, 9.17) is 4.74 Å². The monoisotopic (exact) mass is 363 g/mol. The van der Waals surface area contributed by atoms with Crippen molar-refractivity contribution in [2.24, 2.45) is 0 Å². The number of ether oxygens (including phenoxy) is 1. The number of hydrogen-bond acceptors (Lipinski definition) is 5. The Hall–Kier alpha value is -2.64. The van der Waals surface area contributed by atoms with Gasteiger partial charge in [0.1, 0.15) is 12.1 Å². The summed E-state index contributed by atoms with van der Waals surface area (Å²) in [5, 5.41) is 2.56. The van der Waals surface area contributed by atoms with Crippen LogP contribution in [0.3, 0.4) is 0 Å². The standard InChI is InChI=1S/C18H25N3O5/c1-6-18(5)16(24)21(17(25)19-18)9-15(23)26-10-14(22)13-8-11(3)20(7-2)12(13)4/h8H,6-7,9-10H2,1-5H3,(H,19,25)/t18-/m0/s1. The molecule has 0 radical (unpaired) electrons. The van der Waals surface area contributed by atoms with Crippen molar-refractivity contribution in [1.82, 2.24) is 14.8 Å². The number of aromatic nitrogens is 1. The Balaban J connectivity index is 1.96. The van der Waals surface area contributed by atoms with E-state index in [2.05, 4.69) is 5.32 Å². The van der Waals surface area contributed by atoms with Crippen LogP contribution in [0.25, 0.3) is 0 Å². The van der Waals surface area contributed by atoms with Gasteiger partial charge in [-0.25, -0.2) is 4.79 Å². The van der Waals surface area contributed by atoms with Gasteiger partial charge in [0, 0.05) is 23.5 Å². The van der Waals surface area contributed by atoms with E-state index in [1.807, 2.05) is 25.3 Å². The van der Waals surface area contributed by atoms with Crippen molar-refractivity contribution in [2.45, 2.75) is 53.1 Å². The van der Waals surface area contributed by atoms with Crippen LogP contribution in [-0.4, -0.2) is 51.8 Å².